The van der Waals surface area contributed by atoms with Gasteiger partial charge in [-0.25, -0.2) is 4.98 Å². The Balaban J connectivity index is 1.79. The molecule has 0 bridgehead atoms. The normalized spacial score (nSPS) is 18.7. The Morgan fingerprint density at radius 1 is 1.43 bits per heavy atom. The van der Waals surface area contributed by atoms with Crippen LogP contribution in [0.4, 0.5) is 0 Å². The van der Waals surface area contributed by atoms with Gasteiger partial charge in [-0.05, 0) is 37.0 Å². The van der Waals surface area contributed by atoms with Crippen molar-refractivity contribution < 1.29 is 4.79 Å². The summed E-state index contributed by atoms with van der Waals surface area (Å²) in [5.74, 6) is 0.838. The number of piperidine rings is 1. The highest BCUT2D eigenvalue weighted by atomic mass is 35.5. The Kier molecular flexibility index (Phi) is 4.25. The van der Waals surface area contributed by atoms with E-state index in [0.717, 1.165) is 42.2 Å². The van der Waals surface area contributed by atoms with Gasteiger partial charge in [-0.15, -0.1) is 0 Å². The number of carbonyl (C=O) groups is 1. The molecule has 4 nitrogen and oxygen atoms in total. The predicted molar refractivity (Wildman–Crippen MR) is 82.0 cm³/mol. The highest BCUT2D eigenvalue weighted by molar-refractivity contribution is 6.30. The first kappa shape index (κ1) is 14.1. The van der Waals surface area contributed by atoms with Gasteiger partial charge in [-0.1, -0.05) is 23.7 Å². The number of hydrogen-bond donors (Lipinski definition) is 1. The van der Waals surface area contributed by atoms with E-state index >= 15 is 0 Å². The Labute approximate surface area is 129 Å². The van der Waals surface area contributed by atoms with Crippen molar-refractivity contribution in [2.45, 2.75) is 31.7 Å². The van der Waals surface area contributed by atoms with Crippen LogP contribution in [0, 0.1) is 0 Å². The van der Waals surface area contributed by atoms with E-state index in [4.69, 9.17) is 11.6 Å². The fraction of sp³-hybridized carbons (Fsp3) is 0.375. The van der Waals surface area contributed by atoms with E-state index in [1.807, 2.05) is 23.1 Å². The number of amides is 1. The average molecular weight is 304 g/mol. The van der Waals surface area contributed by atoms with Crippen LogP contribution in [0.15, 0.2) is 36.7 Å². The number of halogens is 1. The number of carbonyl (C=O) groups excluding carboxylic acids is 1. The molecule has 1 atom stereocenters. The molecule has 1 N–H and O–H groups in total. The SMILES string of the molecule is O=C(Cc1ncc[nH]1)N1CCCCC1c1cccc(Cl)c1. The van der Waals surface area contributed by atoms with Gasteiger partial charge in [0, 0.05) is 24.0 Å². The van der Waals surface area contributed by atoms with Gasteiger partial charge in [-0.2, -0.15) is 0 Å². The van der Waals surface area contributed by atoms with Crippen molar-refractivity contribution in [3.63, 3.8) is 0 Å². The molecule has 1 aromatic carbocycles. The van der Waals surface area contributed by atoms with Gasteiger partial charge >= 0.3 is 0 Å². The van der Waals surface area contributed by atoms with Gasteiger partial charge < -0.3 is 9.88 Å². The summed E-state index contributed by atoms with van der Waals surface area (Å²) in [5.41, 5.74) is 1.12. The van der Waals surface area contributed by atoms with E-state index in [1.54, 1.807) is 12.4 Å². The van der Waals surface area contributed by atoms with Crippen LogP contribution >= 0.6 is 11.6 Å². The van der Waals surface area contributed by atoms with Crippen LogP contribution < -0.4 is 0 Å². The summed E-state index contributed by atoms with van der Waals surface area (Å²) in [6.07, 6.45) is 6.93. The standard InChI is InChI=1S/C16H18ClN3O/c17-13-5-3-4-12(10-13)14-6-1-2-9-20(14)16(21)11-15-18-7-8-19-15/h3-5,7-8,10,14H,1-2,6,9,11H2,(H,18,19). The minimum Gasteiger partial charge on any atom is -0.348 e. The molecule has 0 radical (unpaired) electrons. The fourth-order valence-electron chi connectivity index (χ4n) is 2.93. The molecule has 21 heavy (non-hydrogen) atoms. The summed E-state index contributed by atoms with van der Waals surface area (Å²) in [6, 6.07) is 7.95. The lowest BCUT2D eigenvalue weighted by atomic mass is 9.95. The molecule has 0 saturated carbocycles. The van der Waals surface area contributed by atoms with Crippen molar-refractivity contribution in [3.05, 3.63) is 53.1 Å². The number of likely N-dealkylation sites (tertiary alicyclic amines) is 1. The minimum absolute atomic E-state index is 0.120. The molecule has 5 heteroatoms. The zero-order valence-corrected chi connectivity index (χ0v) is 12.5. The molecule has 1 fully saturated rings. The Bertz CT molecular complexity index is 612. The van der Waals surface area contributed by atoms with Crippen LogP contribution in [0.1, 0.15) is 36.7 Å². The first-order valence-corrected chi connectivity index (χ1v) is 7.65. The predicted octanol–water partition coefficient (Wildman–Crippen LogP) is 3.36. The van der Waals surface area contributed by atoms with E-state index in [1.165, 1.54) is 0 Å². The molecule has 3 rings (SSSR count). The zero-order valence-electron chi connectivity index (χ0n) is 11.8. The third kappa shape index (κ3) is 3.27. The highest BCUT2D eigenvalue weighted by Gasteiger charge is 2.28. The first-order valence-electron chi connectivity index (χ1n) is 7.27. The summed E-state index contributed by atoms with van der Waals surface area (Å²) in [6.45, 7) is 0.802. The van der Waals surface area contributed by atoms with Gasteiger partial charge in [0.25, 0.3) is 0 Å². The second kappa shape index (κ2) is 6.31. The van der Waals surface area contributed by atoms with Gasteiger partial charge in [0.15, 0.2) is 0 Å². The summed E-state index contributed by atoms with van der Waals surface area (Å²) in [5, 5.41) is 0.719. The summed E-state index contributed by atoms with van der Waals surface area (Å²) in [7, 11) is 0. The maximum absolute atomic E-state index is 12.6. The lowest BCUT2D eigenvalue weighted by Gasteiger charge is -2.36. The molecule has 2 aromatic rings. The number of rotatable bonds is 3. The number of nitrogens with zero attached hydrogens (tertiary/aromatic N) is 2. The van der Waals surface area contributed by atoms with E-state index in [9.17, 15) is 4.79 Å². The molecular formula is C16H18ClN3O. The summed E-state index contributed by atoms with van der Waals surface area (Å²) in [4.78, 5) is 21.7. The molecule has 1 aromatic heterocycles. The molecular weight excluding hydrogens is 286 g/mol. The molecule has 1 aliphatic heterocycles. The third-order valence-corrected chi connectivity index (χ3v) is 4.17. The zero-order chi connectivity index (χ0) is 14.7. The topological polar surface area (TPSA) is 49.0 Å². The molecule has 0 aliphatic carbocycles. The van der Waals surface area contributed by atoms with Gasteiger partial charge in [0.05, 0.1) is 12.5 Å². The van der Waals surface area contributed by atoms with Crippen molar-refractivity contribution in [1.29, 1.82) is 0 Å². The monoisotopic (exact) mass is 303 g/mol. The van der Waals surface area contributed by atoms with Gasteiger partial charge in [0.2, 0.25) is 5.91 Å². The van der Waals surface area contributed by atoms with Crippen molar-refractivity contribution in [1.82, 2.24) is 14.9 Å². The minimum atomic E-state index is 0.120. The van der Waals surface area contributed by atoms with Crippen LogP contribution in [-0.2, 0) is 11.2 Å². The number of imidazole rings is 1. The quantitative estimate of drug-likeness (QED) is 0.945. The maximum Gasteiger partial charge on any atom is 0.230 e. The molecule has 2 heterocycles. The van der Waals surface area contributed by atoms with Crippen LogP contribution in [0.3, 0.4) is 0 Å². The number of nitrogens with one attached hydrogen (secondary N) is 1. The Morgan fingerprint density at radius 2 is 2.33 bits per heavy atom. The van der Waals surface area contributed by atoms with Crippen LogP contribution in [0.5, 0.6) is 0 Å². The molecule has 1 saturated heterocycles. The van der Waals surface area contributed by atoms with E-state index < -0.39 is 0 Å². The van der Waals surface area contributed by atoms with Crippen molar-refractivity contribution in [3.8, 4) is 0 Å². The second-order valence-corrected chi connectivity index (χ2v) is 5.80. The summed E-state index contributed by atoms with van der Waals surface area (Å²) < 4.78 is 0. The number of aromatic nitrogens is 2. The fourth-order valence-corrected chi connectivity index (χ4v) is 3.13. The van der Waals surface area contributed by atoms with Gasteiger partial charge in [0.1, 0.15) is 5.82 Å². The Morgan fingerprint density at radius 3 is 3.10 bits per heavy atom. The van der Waals surface area contributed by atoms with Crippen LogP contribution in [-0.4, -0.2) is 27.3 Å². The van der Waals surface area contributed by atoms with Crippen LogP contribution in [0.25, 0.3) is 0 Å². The Hall–Kier alpha value is -1.81. The van der Waals surface area contributed by atoms with Crippen molar-refractivity contribution in [2.24, 2.45) is 0 Å². The number of aromatic amines is 1. The number of benzene rings is 1. The van der Waals surface area contributed by atoms with Gasteiger partial charge in [-0.3, -0.25) is 4.79 Å². The van der Waals surface area contributed by atoms with Crippen LogP contribution in [0.2, 0.25) is 5.02 Å². The van der Waals surface area contributed by atoms with Crippen molar-refractivity contribution in [2.75, 3.05) is 6.54 Å². The lowest BCUT2D eigenvalue weighted by Crippen LogP contribution is -2.39. The first-order chi connectivity index (χ1) is 10.2. The average Bonchev–Trinajstić information content (AvgIpc) is 3.00. The molecule has 1 unspecified atom stereocenters. The lowest BCUT2D eigenvalue weighted by molar-refractivity contribution is -0.134. The number of hydrogen-bond acceptors (Lipinski definition) is 2. The number of H-pyrrole nitrogens is 1. The molecule has 1 amide bonds. The highest BCUT2D eigenvalue weighted by Crippen LogP contribution is 2.32. The van der Waals surface area contributed by atoms with Crippen molar-refractivity contribution >= 4 is 17.5 Å². The molecule has 0 spiro atoms. The molecule has 110 valence electrons. The molecule has 1 aliphatic rings. The smallest absolute Gasteiger partial charge is 0.230 e. The largest absolute Gasteiger partial charge is 0.348 e. The van der Waals surface area contributed by atoms with E-state index in [2.05, 4.69) is 16.0 Å². The van der Waals surface area contributed by atoms with E-state index in [0.29, 0.717) is 6.42 Å². The summed E-state index contributed by atoms with van der Waals surface area (Å²) >= 11 is 6.09. The van der Waals surface area contributed by atoms with E-state index in [-0.39, 0.29) is 11.9 Å². The third-order valence-electron chi connectivity index (χ3n) is 3.93. The maximum atomic E-state index is 12.6. The second-order valence-electron chi connectivity index (χ2n) is 5.37.